The van der Waals surface area contributed by atoms with E-state index in [-0.39, 0.29) is 5.91 Å². The summed E-state index contributed by atoms with van der Waals surface area (Å²) in [6, 6.07) is 25.7. The van der Waals surface area contributed by atoms with Crippen molar-refractivity contribution in [1.29, 1.82) is 0 Å². The molecule has 6 rings (SSSR count). The Morgan fingerprint density at radius 1 is 0.642 bits per heavy atom. The molecular formula is C36H46N6O7S4. The molecule has 4 aromatic carbocycles. The van der Waals surface area contributed by atoms with E-state index in [1.165, 1.54) is 42.3 Å². The normalized spacial score (nSPS) is 12.9. The maximum absolute atomic E-state index is 12.3. The first-order chi connectivity index (χ1) is 24.6. The van der Waals surface area contributed by atoms with Gasteiger partial charge in [-0.25, -0.2) is 16.8 Å². The summed E-state index contributed by atoms with van der Waals surface area (Å²) in [5.41, 5.74) is 9.22. The Balaban J connectivity index is 0.000000191. The standard InChI is InChI=1S/C18H21N3OS.C16H19N3S.C2H6O6S2/c1-12(22)21-15-8-6-13(19(2)3)10-17(15)23-18-11-14(20(4)5)7-9-16(18)21;1-18(2)11-5-7-13-15(9-11)20-16-10-12(19(3)4)6-8-14(16)17-13;3-9(4,5)1-2-10(6,7)8/h6-11H,1-5H3;5-10,17H,1-4H3;1-2H2,(H,3,4,5)(H,6,7,8). The Kier molecular flexibility index (Phi) is 13.5. The number of rotatable bonds is 7. The number of quaternary nitrogens is 2. The van der Waals surface area contributed by atoms with Crippen LogP contribution in [0.4, 0.5) is 45.5 Å². The van der Waals surface area contributed by atoms with E-state index < -0.39 is 31.7 Å². The summed E-state index contributed by atoms with van der Waals surface area (Å²) in [5.74, 6) is -2.28. The number of anilines is 6. The predicted molar refractivity (Wildman–Crippen MR) is 213 cm³/mol. The maximum Gasteiger partial charge on any atom is 0.228 e. The van der Waals surface area contributed by atoms with Crippen LogP contribution in [0.2, 0.25) is 0 Å². The minimum Gasteiger partial charge on any atom is -0.748 e. The highest BCUT2D eigenvalue weighted by Crippen LogP contribution is 2.50. The van der Waals surface area contributed by atoms with Crippen LogP contribution in [0, 0.1) is 0 Å². The molecule has 0 aromatic heterocycles. The number of benzene rings is 4. The van der Waals surface area contributed by atoms with Gasteiger partial charge < -0.3 is 34.0 Å². The van der Waals surface area contributed by atoms with Gasteiger partial charge in [0.1, 0.15) is 11.4 Å². The number of hydrogen-bond donors (Lipinski definition) is 3. The molecular weight excluding hydrogens is 757 g/mol. The van der Waals surface area contributed by atoms with Gasteiger partial charge in [-0.15, -0.1) is 0 Å². The lowest BCUT2D eigenvalue weighted by atomic mass is 10.2. The van der Waals surface area contributed by atoms with Crippen LogP contribution in [-0.4, -0.2) is 99.7 Å². The topological polar surface area (TPSA) is 162 Å². The lowest BCUT2D eigenvalue weighted by Gasteiger charge is -2.32. The second-order valence-corrected chi connectivity index (χ2v) is 18.4. The molecule has 3 N–H and O–H groups in total. The first-order valence-corrected chi connectivity index (χ1v) is 21.2. The van der Waals surface area contributed by atoms with Crippen LogP contribution < -0.4 is 29.8 Å². The summed E-state index contributed by atoms with van der Waals surface area (Å²) < 4.78 is 58.3. The van der Waals surface area contributed by atoms with Crippen LogP contribution in [0.1, 0.15) is 6.92 Å². The Hall–Kier alpha value is -3.81. The molecule has 0 bridgehead atoms. The molecule has 2 aliphatic rings. The summed E-state index contributed by atoms with van der Waals surface area (Å²) in [6.45, 7) is 1.61. The highest BCUT2D eigenvalue weighted by Gasteiger charge is 2.27. The Morgan fingerprint density at radius 2 is 1.02 bits per heavy atom. The zero-order valence-corrected chi connectivity index (χ0v) is 34.4. The monoisotopic (exact) mass is 802 g/mol. The van der Waals surface area contributed by atoms with Crippen LogP contribution in [-0.2, 0) is 25.0 Å². The minimum absolute atomic E-state index is 0.0306. The fourth-order valence-electron chi connectivity index (χ4n) is 5.19. The Bertz CT molecular complexity index is 2050. The molecule has 0 aliphatic carbocycles. The number of fused-ring (bicyclic) bond motifs is 4. The van der Waals surface area contributed by atoms with Crippen LogP contribution in [0.15, 0.2) is 92.4 Å². The average Bonchev–Trinajstić information content (AvgIpc) is 3.07. The average molecular weight is 803 g/mol. The molecule has 17 heteroatoms. The third-order valence-corrected chi connectivity index (χ3v) is 12.0. The first kappa shape index (κ1) is 41.9. The summed E-state index contributed by atoms with van der Waals surface area (Å²) in [5, 5.41) is 3.53. The number of carbonyl (C=O) groups is 1. The fourth-order valence-corrected chi connectivity index (χ4v) is 9.02. The van der Waals surface area contributed by atoms with E-state index in [2.05, 4.69) is 104 Å². The molecule has 0 spiro atoms. The molecule has 286 valence electrons. The van der Waals surface area contributed by atoms with Crippen molar-refractivity contribution in [2.75, 3.05) is 87.9 Å². The fraction of sp³-hybridized carbons (Fsp3) is 0.306. The molecule has 0 atom stereocenters. The van der Waals surface area contributed by atoms with Crippen molar-refractivity contribution in [3.8, 4) is 0 Å². The number of amides is 1. The van der Waals surface area contributed by atoms with Gasteiger partial charge in [0.05, 0.1) is 82.7 Å². The second kappa shape index (κ2) is 17.1. The molecule has 0 radical (unpaired) electrons. The van der Waals surface area contributed by atoms with Crippen molar-refractivity contribution >= 4 is 95.2 Å². The lowest BCUT2D eigenvalue weighted by Crippen LogP contribution is -3.00. The smallest absolute Gasteiger partial charge is 0.228 e. The van der Waals surface area contributed by atoms with Gasteiger partial charge in [-0.2, -0.15) is 0 Å². The molecule has 0 saturated heterocycles. The second-order valence-electron chi connectivity index (χ2n) is 13.2. The Morgan fingerprint density at radius 3 is 1.34 bits per heavy atom. The van der Waals surface area contributed by atoms with Gasteiger partial charge in [0.2, 0.25) is 5.91 Å². The van der Waals surface area contributed by atoms with Crippen molar-refractivity contribution in [2.45, 2.75) is 26.5 Å². The van der Waals surface area contributed by atoms with E-state index >= 15 is 0 Å². The largest absolute Gasteiger partial charge is 0.748 e. The zero-order chi connectivity index (χ0) is 39.4. The quantitative estimate of drug-likeness (QED) is 0.206. The van der Waals surface area contributed by atoms with Crippen molar-refractivity contribution in [3.63, 3.8) is 0 Å². The summed E-state index contributed by atoms with van der Waals surface area (Å²) in [7, 11) is 7.55. The van der Waals surface area contributed by atoms with Gasteiger partial charge in [-0.3, -0.25) is 9.69 Å². The van der Waals surface area contributed by atoms with Crippen LogP contribution >= 0.6 is 23.5 Å². The minimum atomic E-state index is -4.59. The van der Waals surface area contributed by atoms with E-state index in [0.717, 1.165) is 32.5 Å². The molecule has 4 aromatic rings. The summed E-state index contributed by atoms with van der Waals surface area (Å²) in [6.07, 6.45) is 0. The van der Waals surface area contributed by atoms with Gasteiger partial charge in [0.15, 0.2) is 0 Å². The van der Waals surface area contributed by atoms with E-state index in [0.29, 0.717) is 0 Å². The number of hydrogen-bond acceptors (Lipinski definition) is 12. The number of carbonyl (C=O) groups excluding carboxylic acids is 1. The van der Waals surface area contributed by atoms with Gasteiger partial charge in [-0.05, 0) is 48.5 Å². The molecule has 0 unspecified atom stereocenters. The third-order valence-electron chi connectivity index (χ3n) is 8.13. The van der Waals surface area contributed by atoms with Crippen LogP contribution in [0.25, 0.3) is 0 Å². The van der Waals surface area contributed by atoms with Crippen molar-refractivity contribution in [3.05, 3.63) is 72.8 Å². The van der Waals surface area contributed by atoms with Gasteiger partial charge in [-0.1, -0.05) is 23.5 Å². The molecule has 0 fully saturated rings. The zero-order valence-electron chi connectivity index (χ0n) is 31.2. The Labute approximate surface area is 321 Å². The SMILES string of the molecule is CC(=O)N1c2ccc(N(C)C)cc2Sc2cc(N(C)C)ccc21.C[NH+](C)c1ccc2c(c1)Sc1cc([NH+](C)C)ccc1N2.O=S(=O)([O-])CCS(=O)(=O)[O-]. The molecule has 1 amide bonds. The van der Waals surface area contributed by atoms with Crippen molar-refractivity contribution in [2.24, 2.45) is 0 Å². The molecule has 13 nitrogen and oxygen atoms in total. The van der Waals surface area contributed by atoms with Crippen LogP contribution in [0.5, 0.6) is 0 Å². The van der Waals surface area contributed by atoms with E-state index in [4.69, 9.17) is 0 Å². The first-order valence-electron chi connectivity index (χ1n) is 16.5. The van der Waals surface area contributed by atoms with Crippen molar-refractivity contribution < 1.29 is 40.5 Å². The highest BCUT2D eigenvalue weighted by molar-refractivity contribution is 8.00. The third kappa shape index (κ3) is 11.3. The lowest BCUT2D eigenvalue weighted by molar-refractivity contribution is -0.786. The van der Waals surface area contributed by atoms with Gasteiger partial charge in [0, 0.05) is 90.3 Å². The number of nitrogens with zero attached hydrogens (tertiary/aromatic N) is 3. The number of nitrogens with one attached hydrogen (secondary N) is 3. The molecule has 0 saturated carbocycles. The van der Waals surface area contributed by atoms with Crippen LogP contribution in [0.3, 0.4) is 0 Å². The highest BCUT2D eigenvalue weighted by atomic mass is 32.2. The summed E-state index contributed by atoms with van der Waals surface area (Å²) >= 11 is 3.58. The molecule has 53 heavy (non-hydrogen) atoms. The van der Waals surface area contributed by atoms with Gasteiger partial charge >= 0.3 is 0 Å². The molecule has 2 heterocycles. The predicted octanol–water partition coefficient (Wildman–Crippen LogP) is 3.49. The summed E-state index contributed by atoms with van der Waals surface area (Å²) in [4.78, 5) is 25.7. The molecule has 2 aliphatic heterocycles. The van der Waals surface area contributed by atoms with Gasteiger partial charge in [0.25, 0.3) is 0 Å². The van der Waals surface area contributed by atoms with Crippen molar-refractivity contribution in [1.82, 2.24) is 0 Å². The van der Waals surface area contributed by atoms with E-state index in [1.807, 2.05) is 52.1 Å². The van der Waals surface area contributed by atoms with E-state index in [1.54, 1.807) is 23.6 Å². The van der Waals surface area contributed by atoms with E-state index in [9.17, 15) is 30.7 Å². The maximum atomic E-state index is 12.3.